The lowest BCUT2D eigenvalue weighted by Crippen LogP contribution is -2.37. The molecule has 0 heterocycles. The van der Waals surface area contributed by atoms with Crippen molar-refractivity contribution in [3.8, 4) is 11.1 Å². The number of hydrogen-bond donors (Lipinski definition) is 0. The Morgan fingerprint density at radius 3 is 1.43 bits per heavy atom. The minimum Gasteiger partial charge on any atom is -0.0616 e. The van der Waals surface area contributed by atoms with Crippen LogP contribution >= 0.6 is 31.9 Å². The van der Waals surface area contributed by atoms with E-state index in [1.165, 1.54) is 31.2 Å². The standard InChI is InChI=1S/C19H20Br2/c1-11(2)19(12(3)4)17-9-13(20)5-7-15(17)16-8-6-14(21)10-18(16)19/h5-12H,1-4H3. The summed E-state index contributed by atoms with van der Waals surface area (Å²) in [6.45, 7) is 9.39. The Hall–Kier alpha value is -0.600. The first-order chi connectivity index (χ1) is 9.88. The van der Waals surface area contributed by atoms with Crippen LogP contribution < -0.4 is 0 Å². The summed E-state index contributed by atoms with van der Waals surface area (Å²) in [6, 6.07) is 13.5. The van der Waals surface area contributed by atoms with Crippen molar-refractivity contribution in [2.45, 2.75) is 33.1 Å². The van der Waals surface area contributed by atoms with E-state index < -0.39 is 0 Å². The molecule has 0 atom stereocenters. The predicted octanol–water partition coefficient (Wildman–Crippen LogP) is 6.79. The van der Waals surface area contributed by atoms with Crippen molar-refractivity contribution in [2.24, 2.45) is 11.8 Å². The predicted molar refractivity (Wildman–Crippen MR) is 97.7 cm³/mol. The highest BCUT2D eigenvalue weighted by Gasteiger charge is 2.47. The van der Waals surface area contributed by atoms with Crippen LogP contribution in [0, 0.1) is 11.8 Å². The summed E-state index contributed by atoms with van der Waals surface area (Å²) >= 11 is 7.33. The maximum absolute atomic E-state index is 3.66. The van der Waals surface area contributed by atoms with Crippen LogP contribution in [-0.4, -0.2) is 0 Å². The smallest absolute Gasteiger partial charge is 0.0261 e. The van der Waals surface area contributed by atoms with Gasteiger partial charge in [0, 0.05) is 14.4 Å². The summed E-state index contributed by atoms with van der Waals surface area (Å²) in [5, 5.41) is 0. The van der Waals surface area contributed by atoms with Crippen LogP contribution in [0.1, 0.15) is 38.8 Å². The third kappa shape index (κ3) is 2.06. The quantitative estimate of drug-likeness (QED) is 0.513. The van der Waals surface area contributed by atoms with Gasteiger partial charge in [-0.2, -0.15) is 0 Å². The van der Waals surface area contributed by atoms with Crippen LogP contribution in [0.25, 0.3) is 11.1 Å². The Morgan fingerprint density at radius 2 is 1.10 bits per heavy atom. The molecule has 0 bridgehead atoms. The molecule has 0 aromatic heterocycles. The second-order valence-corrected chi connectivity index (χ2v) is 8.39. The lowest BCUT2D eigenvalue weighted by Gasteiger charge is -2.40. The zero-order valence-corrected chi connectivity index (χ0v) is 16.0. The lowest BCUT2D eigenvalue weighted by atomic mass is 9.63. The molecule has 1 aliphatic carbocycles. The van der Waals surface area contributed by atoms with E-state index in [1.807, 2.05) is 0 Å². The van der Waals surface area contributed by atoms with Crippen LogP contribution in [0.5, 0.6) is 0 Å². The van der Waals surface area contributed by atoms with Crippen molar-refractivity contribution in [3.05, 3.63) is 56.5 Å². The van der Waals surface area contributed by atoms with Gasteiger partial charge in [0.2, 0.25) is 0 Å². The monoisotopic (exact) mass is 406 g/mol. The molecule has 0 amide bonds. The number of fused-ring (bicyclic) bond motifs is 3. The van der Waals surface area contributed by atoms with Crippen LogP contribution in [0.15, 0.2) is 45.3 Å². The third-order valence-corrected chi connectivity index (χ3v) is 5.95. The molecule has 21 heavy (non-hydrogen) atoms. The Labute approximate surface area is 144 Å². The fraction of sp³-hybridized carbons (Fsp3) is 0.368. The average Bonchev–Trinajstić information content (AvgIpc) is 2.67. The largest absolute Gasteiger partial charge is 0.0616 e. The molecule has 1 aliphatic rings. The van der Waals surface area contributed by atoms with E-state index in [9.17, 15) is 0 Å². The summed E-state index contributed by atoms with van der Waals surface area (Å²) in [4.78, 5) is 0. The molecule has 2 heteroatoms. The number of hydrogen-bond acceptors (Lipinski definition) is 0. The molecule has 2 aromatic rings. The highest BCUT2D eigenvalue weighted by Crippen LogP contribution is 2.57. The van der Waals surface area contributed by atoms with Crippen molar-refractivity contribution in [2.75, 3.05) is 0 Å². The van der Waals surface area contributed by atoms with Gasteiger partial charge in [-0.05, 0) is 58.4 Å². The van der Waals surface area contributed by atoms with Gasteiger partial charge in [-0.1, -0.05) is 71.7 Å². The van der Waals surface area contributed by atoms with E-state index in [2.05, 4.69) is 96.0 Å². The van der Waals surface area contributed by atoms with Crippen LogP contribution in [-0.2, 0) is 5.41 Å². The van der Waals surface area contributed by atoms with Gasteiger partial charge in [-0.25, -0.2) is 0 Å². The first kappa shape index (κ1) is 15.3. The number of benzene rings is 2. The zero-order valence-electron chi connectivity index (χ0n) is 12.9. The summed E-state index contributed by atoms with van der Waals surface area (Å²) < 4.78 is 2.33. The van der Waals surface area contributed by atoms with E-state index in [1.54, 1.807) is 0 Å². The first-order valence-corrected chi connectivity index (χ1v) is 9.08. The van der Waals surface area contributed by atoms with Crippen molar-refractivity contribution >= 4 is 31.9 Å². The van der Waals surface area contributed by atoms with Gasteiger partial charge in [0.05, 0.1) is 0 Å². The Kier molecular flexibility index (Phi) is 3.82. The molecule has 0 saturated heterocycles. The van der Waals surface area contributed by atoms with Gasteiger partial charge in [-0.15, -0.1) is 0 Å². The Bertz CT molecular complexity index is 637. The van der Waals surface area contributed by atoms with Crippen molar-refractivity contribution in [1.29, 1.82) is 0 Å². The molecule has 0 N–H and O–H groups in total. The number of halogens is 2. The van der Waals surface area contributed by atoms with Crippen molar-refractivity contribution in [1.82, 2.24) is 0 Å². The summed E-state index contributed by atoms with van der Waals surface area (Å²) in [7, 11) is 0. The minimum absolute atomic E-state index is 0.0816. The van der Waals surface area contributed by atoms with E-state index in [4.69, 9.17) is 0 Å². The van der Waals surface area contributed by atoms with Crippen molar-refractivity contribution in [3.63, 3.8) is 0 Å². The maximum Gasteiger partial charge on any atom is 0.0261 e. The maximum atomic E-state index is 3.66. The van der Waals surface area contributed by atoms with Gasteiger partial charge < -0.3 is 0 Å². The molecule has 0 unspecified atom stereocenters. The molecule has 0 fully saturated rings. The van der Waals surface area contributed by atoms with Gasteiger partial charge in [0.25, 0.3) is 0 Å². The summed E-state index contributed by atoms with van der Waals surface area (Å²) in [5.41, 5.74) is 5.80. The third-order valence-electron chi connectivity index (χ3n) is 4.97. The van der Waals surface area contributed by atoms with Gasteiger partial charge in [0.1, 0.15) is 0 Å². The number of rotatable bonds is 2. The highest BCUT2D eigenvalue weighted by atomic mass is 79.9. The van der Waals surface area contributed by atoms with E-state index >= 15 is 0 Å². The average molecular weight is 408 g/mol. The molecule has 0 radical (unpaired) electrons. The van der Waals surface area contributed by atoms with Gasteiger partial charge in [-0.3, -0.25) is 0 Å². The van der Waals surface area contributed by atoms with Crippen LogP contribution in [0.3, 0.4) is 0 Å². The first-order valence-electron chi connectivity index (χ1n) is 7.49. The normalized spacial score (nSPS) is 15.4. The Morgan fingerprint density at radius 1 is 0.714 bits per heavy atom. The highest BCUT2D eigenvalue weighted by molar-refractivity contribution is 9.10. The van der Waals surface area contributed by atoms with E-state index in [0.717, 1.165) is 0 Å². The SMILES string of the molecule is CC(C)C1(C(C)C)c2cc(Br)ccc2-c2ccc(Br)cc21. The topological polar surface area (TPSA) is 0 Å². The van der Waals surface area contributed by atoms with Crippen molar-refractivity contribution < 1.29 is 0 Å². The fourth-order valence-electron chi connectivity index (χ4n) is 4.24. The lowest BCUT2D eigenvalue weighted by molar-refractivity contribution is 0.280. The van der Waals surface area contributed by atoms with Crippen LogP contribution in [0.2, 0.25) is 0 Å². The Balaban J connectivity index is 2.44. The zero-order chi connectivity index (χ0) is 15.4. The van der Waals surface area contributed by atoms with Crippen LogP contribution in [0.4, 0.5) is 0 Å². The molecule has 0 spiro atoms. The summed E-state index contributed by atoms with van der Waals surface area (Å²) in [6.07, 6.45) is 0. The second kappa shape index (κ2) is 5.24. The van der Waals surface area contributed by atoms with E-state index in [0.29, 0.717) is 11.8 Å². The van der Waals surface area contributed by atoms with Gasteiger partial charge >= 0.3 is 0 Å². The molecule has 3 rings (SSSR count). The minimum atomic E-state index is 0.0816. The molecule has 0 nitrogen and oxygen atoms in total. The second-order valence-electron chi connectivity index (χ2n) is 6.56. The molecule has 0 saturated carbocycles. The fourth-order valence-corrected chi connectivity index (χ4v) is 4.97. The summed E-state index contributed by atoms with van der Waals surface area (Å²) in [5.74, 6) is 1.09. The molecular formula is C19H20Br2. The molecular weight excluding hydrogens is 388 g/mol. The molecule has 110 valence electrons. The molecule has 2 aromatic carbocycles. The van der Waals surface area contributed by atoms with Gasteiger partial charge in [0.15, 0.2) is 0 Å². The van der Waals surface area contributed by atoms with E-state index in [-0.39, 0.29) is 5.41 Å². The molecule has 0 aliphatic heterocycles.